The van der Waals surface area contributed by atoms with Crippen LogP contribution in [0.3, 0.4) is 0 Å². The lowest BCUT2D eigenvalue weighted by Gasteiger charge is -2.23. The van der Waals surface area contributed by atoms with Crippen molar-refractivity contribution in [2.75, 3.05) is 25.2 Å². The number of rotatable bonds is 4. The second-order valence-electron chi connectivity index (χ2n) is 5.46. The van der Waals surface area contributed by atoms with Crippen molar-refractivity contribution >= 4 is 21.7 Å². The number of ether oxygens (including phenoxy) is 1. The van der Waals surface area contributed by atoms with E-state index < -0.39 is 28.3 Å². The standard InChI is InChI=1S/C14H19NO6S/c1-9-6-12(10(2)21-9)14(17)20-7-13(16)15(3)11-4-5-22(18,19)8-11/h6,11H,4-5,7-8H2,1-3H3/t11-/m0/s1. The van der Waals surface area contributed by atoms with Crippen LogP contribution in [0.25, 0.3) is 0 Å². The van der Waals surface area contributed by atoms with Crippen LogP contribution < -0.4 is 0 Å². The van der Waals surface area contributed by atoms with Gasteiger partial charge in [-0.25, -0.2) is 13.2 Å². The highest BCUT2D eigenvalue weighted by Gasteiger charge is 2.33. The Morgan fingerprint density at radius 3 is 2.59 bits per heavy atom. The lowest BCUT2D eigenvalue weighted by Crippen LogP contribution is -2.40. The van der Waals surface area contributed by atoms with Gasteiger partial charge < -0.3 is 14.1 Å². The van der Waals surface area contributed by atoms with Crippen LogP contribution in [0.4, 0.5) is 0 Å². The van der Waals surface area contributed by atoms with Crippen LogP contribution in [0.1, 0.15) is 28.3 Å². The minimum absolute atomic E-state index is 0.0385. The fourth-order valence-electron chi connectivity index (χ4n) is 2.42. The molecule has 2 rings (SSSR count). The van der Waals surface area contributed by atoms with Crippen LogP contribution in [0, 0.1) is 13.8 Å². The molecule has 0 bridgehead atoms. The van der Waals surface area contributed by atoms with Gasteiger partial charge in [-0.1, -0.05) is 0 Å². The molecule has 22 heavy (non-hydrogen) atoms. The van der Waals surface area contributed by atoms with Crippen molar-refractivity contribution in [2.24, 2.45) is 0 Å². The summed E-state index contributed by atoms with van der Waals surface area (Å²) in [7, 11) is -1.54. The Morgan fingerprint density at radius 2 is 2.09 bits per heavy atom. The number of likely N-dealkylation sites (N-methyl/N-ethyl adjacent to an activating group) is 1. The molecule has 1 aromatic heterocycles. The van der Waals surface area contributed by atoms with Gasteiger partial charge in [0.1, 0.15) is 17.1 Å². The fraction of sp³-hybridized carbons (Fsp3) is 0.571. The Labute approximate surface area is 129 Å². The molecule has 1 aliphatic heterocycles. The first-order valence-electron chi connectivity index (χ1n) is 6.90. The highest BCUT2D eigenvalue weighted by Crippen LogP contribution is 2.17. The quantitative estimate of drug-likeness (QED) is 0.755. The largest absolute Gasteiger partial charge is 0.466 e. The van der Waals surface area contributed by atoms with Gasteiger partial charge in [0.2, 0.25) is 0 Å². The third-order valence-electron chi connectivity index (χ3n) is 3.74. The topological polar surface area (TPSA) is 93.9 Å². The number of carbonyl (C=O) groups excluding carboxylic acids is 2. The molecule has 1 amide bonds. The fourth-order valence-corrected chi connectivity index (χ4v) is 4.20. The Balaban J connectivity index is 1.90. The molecule has 0 aliphatic carbocycles. The van der Waals surface area contributed by atoms with Gasteiger partial charge in [0.05, 0.1) is 11.5 Å². The zero-order valence-corrected chi connectivity index (χ0v) is 13.6. The molecule has 0 aromatic carbocycles. The minimum Gasteiger partial charge on any atom is -0.466 e. The van der Waals surface area contributed by atoms with Gasteiger partial charge in [-0.3, -0.25) is 4.79 Å². The highest BCUT2D eigenvalue weighted by molar-refractivity contribution is 7.91. The van der Waals surface area contributed by atoms with E-state index in [0.29, 0.717) is 17.9 Å². The molecule has 1 aliphatic rings. The van der Waals surface area contributed by atoms with Crippen molar-refractivity contribution in [3.8, 4) is 0 Å². The Bertz CT molecular complexity index is 690. The summed E-state index contributed by atoms with van der Waals surface area (Å²) in [6.07, 6.45) is 0.415. The molecule has 122 valence electrons. The molecule has 0 unspecified atom stereocenters. The second-order valence-corrected chi connectivity index (χ2v) is 7.69. The molecule has 0 spiro atoms. The monoisotopic (exact) mass is 329 g/mol. The van der Waals surface area contributed by atoms with E-state index in [2.05, 4.69) is 0 Å². The summed E-state index contributed by atoms with van der Waals surface area (Å²) >= 11 is 0. The molecule has 1 atom stereocenters. The number of sulfone groups is 1. The number of amides is 1. The molecule has 0 saturated carbocycles. The van der Waals surface area contributed by atoms with Crippen molar-refractivity contribution in [3.63, 3.8) is 0 Å². The maximum atomic E-state index is 12.0. The molecule has 0 N–H and O–H groups in total. The average Bonchev–Trinajstić information content (AvgIpc) is 2.96. The van der Waals surface area contributed by atoms with Gasteiger partial charge >= 0.3 is 5.97 Å². The van der Waals surface area contributed by atoms with Gasteiger partial charge in [-0.05, 0) is 26.3 Å². The van der Waals surface area contributed by atoms with Crippen molar-refractivity contribution in [2.45, 2.75) is 26.3 Å². The Morgan fingerprint density at radius 1 is 1.41 bits per heavy atom. The lowest BCUT2D eigenvalue weighted by atomic mass is 10.2. The van der Waals surface area contributed by atoms with Crippen molar-refractivity contribution in [3.05, 3.63) is 23.2 Å². The van der Waals surface area contributed by atoms with Crippen LogP contribution in [0.15, 0.2) is 10.5 Å². The van der Waals surface area contributed by atoms with Gasteiger partial charge in [-0.2, -0.15) is 0 Å². The maximum Gasteiger partial charge on any atom is 0.342 e. The predicted octanol–water partition coefficient (Wildman–Crippen LogP) is 0.699. The first-order valence-corrected chi connectivity index (χ1v) is 8.72. The van der Waals surface area contributed by atoms with E-state index in [1.807, 2.05) is 0 Å². The van der Waals surface area contributed by atoms with Gasteiger partial charge in [-0.15, -0.1) is 0 Å². The van der Waals surface area contributed by atoms with Crippen LogP contribution >= 0.6 is 0 Å². The van der Waals surface area contributed by atoms with Crippen LogP contribution in [-0.4, -0.2) is 56.4 Å². The van der Waals surface area contributed by atoms with E-state index in [4.69, 9.17) is 9.15 Å². The average molecular weight is 329 g/mol. The van der Waals surface area contributed by atoms with Crippen LogP contribution in [-0.2, 0) is 19.4 Å². The zero-order chi connectivity index (χ0) is 16.5. The normalized spacial score (nSPS) is 19.9. The summed E-state index contributed by atoms with van der Waals surface area (Å²) in [4.78, 5) is 25.2. The van der Waals surface area contributed by atoms with E-state index in [-0.39, 0.29) is 23.1 Å². The van der Waals surface area contributed by atoms with Crippen molar-refractivity contribution < 1.29 is 27.2 Å². The smallest absolute Gasteiger partial charge is 0.342 e. The lowest BCUT2D eigenvalue weighted by molar-refractivity contribution is -0.134. The summed E-state index contributed by atoms with van der Waals surface area (Å²) in [6, 6.07) is 1.20. The summed E-state index contributed by atoms with van der Waals surface area (Å²) in [5, 5.41) is 0. The highest BCUT2D eigenvalue weighted by atomic mass is 32.2. The van der Waals surface area contributed by atoms with Crippen LogP contribution in [0.5, 0.6) is 0 Å². The summed E-state index contributed by atoms with van der Waals surface area (Å²) in [6.45, 7) is 2.93. The molecule has 2 heterocycles. The molecule has 7 nitrogen and oxygen atoms in total. The van der Waals surface area contributed by atoms with E-state index in [0.717, 1.165) is 0 Å². The predicted molar refractivity (Wildman–Crippen MR) is 78.3 cm³/mol. The number of hydrogen-bond donors (Lipinski definition) is 0. The minimum atomic E-state index is -3.07. The second kappa shape index (κ2) is 6.12. The third-order valence-corrected chi connectivity index (χ3v) is 5.49. The summed E-state index contributed by atoms with van der Waals surface area (Å²) in [5.41, 5.74) is 0.288. The number of esters is 1. The first kappa shape index (κ1) is 16.5. The number of carbonyl (C=O) groups is 2. The zero-order valence-electron chi connectivity index (χ0n) is 12.8. The Kier molecular flexibility index (Phi) is 4.60. The Hall–Kier alpha value is -1.83. The number of nitrogens with zero attached hydrogens (tertiary/aromatic N) is 1. The van der Waals surface area contributed by atoms with E-state index in [1.54, 1.807) is 19.9 Å². The number of aryl methyl sites for hydroxylation is 2. The maximum absolute atomic E-state index is 12.0. The molecule has 1 fully saturated rings. The molecule has 1 saturated heterocycles. The molecular weight excluding hydrogens is 310 g/mol. The summed E-state index contributed by atoms with van der Waals surface area (Å²) < 4.78 is 33.1. The van der Waals surface area contributed by atoms with Gasteiger partial charge in [0, 0.05) is 13.1 Å². The number of furan rings is 1. The van der Waals surface area contributed by atoms with Gasteiger partial charge in [0.15, 0.2) is 16.4 Å². The van der Waals surface area contributed by atoms with E-state index in [1.165, 1.54) is 11.9 Å². The van der Waals surface area contributed by atoms with Gasteiger partial charge in [0.25, 0.3) is 5.91 Å². The molecular formula is C14H19NO6S. The number of hydrogen-bond acceptors (Lipinski definition) is 6. The van der Waals surface area contributed by atoms with E-state index in [9.17, 15) is 18.0 Å². The van der Waals surface area contributed by atoms with Crippen LogP contribution in [0.2, 0.25) is 0 Å². The first-order chi connectivity index (χ1) is 10.2. The molecule has 1 aromatic rings. The van der Waals surface area contributed by atoms with E-state index >= 15 is 0 Å². The molecule has 0 radical (unpaired) electrons. The molecule has 8 heteroatoms. The van der Waals surface area contributed by atoms with Crippen molar-refractivity contribution in [1.29, 1.82) is 0 Å². The summed E-state index contributed by atoms with van der Waals surface area (Å²) in [5.74, 6) is 0.0175. The SMILES string of the molecule is Cc1cc(C(=O)OCC(=O)N(C)[C@H]2CCS(=O)(=O)C2)c(C)o1. The van der Waals surface area contributed by atoms with Crippen molar-refractivity contribution in [1.82, 2.24) is 4.90 Å². The third kappa shape index (κ3) is 3.68.